The molecule has 0 unspecified atom stereocenters. The summed E-state index contributed by atoms with van der Waals surface area (Å²) in [6.45, 7) is 2.60. The lowest BCUT2D eigenvalue weighted by atomic mass is 9.92. The lowest BCUT2D eigenvalue weighted by molar-refractivity contribution is -0.137. The average molecular weight is 402 g/mol. The molecule has 0 bridgehead atoms. The van der Waals surface area contributed by atoms with Crippen molar-refractivity contribution in [3.8, 4) is 0 Å². The number of carboxylic acid groups (broad SMARTS) is 1. The molecule has 158 valence electrons. The van der Waals surface area contributed by atoms with Crippen LogP contribution in [-0.2, 0) is 9.59 Å². The van der Waals surface area contributed by atoms with Crippen LogP contribution in [0.5, 0.6) is 0 Å². The van der Waals surface area contributed by atoms with E-state index in [1.165, 1.54) is 12.8 Å². The number of aliphatic carboxylic acids is 1. The molecule has 0 saturated heterocycles. The molecule has 8 heteroatoms. The van der Waals surface area contributed by atoms with Crippen molar-refractivity contribution in [3.63, 3.8) is 0 Å². The van der Waals surface area contributed by atoms with Gasteiger partial charge in [0, 0.05) is 30.9 Å². The highest BCUT2D eigenvalue weighted by atomic mass is 16.4. The van der Waals surface area contributed by atoms with E-state index >= 15 is 0 Å². The van der Waals surface area contributed by atoms with Gasteiger partial charge in [0.1, 0.15) is 5.82 Å². The molecule has 3 rings (SSSR count). The molecule has 1 amide bonds. The number of unbranched alkanes of at least 4 members (excludes halogenated alkanes) is 3. The van der Waals surface area contributed by atoms with Gasteiger partial charge in [0.05, 0.1) is 6.42 Å². The zero-order valence-electron chi connectivity index (χ0n) is 17.1. The van der Waals surface area contributed by atoms with E-state index in [0.29, 0.717) is 18.2 Å². The number of rotatable bonds is 10. The number of nitrogens with one attached hydrogen (secondary N) is 2. The highest BCUT2D eigenvalue weighted by Crippen LogP contribution is 2.39. The summed E-state index contributed by atoms with van der Waals surface area (Å²) >= 11 is 0. The molecule has 3 N–H and O–H groups in total. The van der Waals surface area contributed by atoms with Gasteiger partial charge in [-0.2, -0.15) is 0 Å². The van der Waals surface area contributed by atoms with Crippen LogP contribution in [0.3, 0.4) is 0 Å². The molecule has 1 fully saturated rings. The Hall–Kier alpha value is -2.51. The lowest BCUT2D eigenvalue weighted by Crippen LogP contribution is -2.49. The Kier molecular flexibility index (Phi) is 7.17. The maximum absolute atomic E-state index is 12.1. The molecule has 1 aliphatic heterocycles. The van der Waals surface area contributed by atoms with Crippen molar-refractivity contribution >= 4 is 17.8 Å². The fraction of sp³-hybridized carbons (Fsp3) is 0.667. The van der Waals surface area contributed by atoms with Gasteiger partial charge < -0.3 is 10.4 Å². The summed E-state index contributed by atoms with van der Waals surface area (Å²) in [6.07, 6.45) is 11.9. The number of aliphatic imine (C=N–C) groups is 1. The Morgan fingerprint density at radius 1 is 1.17 bits per heavy atom. The smallest absolute Gasteiger partial charge is 0.303 e. The Morgan fingerprint density at radius 3 is 2.59 bits per heavy atom. The van der Waals surface area contributed by atoms with E-state index in [4.69, 9.17) is 0 Å². The second kappa shape index (κ2) is 9.80. The fourth-order valence-electron chi connectivity index (χ4n) is 3.77. The second-order valence-electron chi connectivity index (χ2n) is 8.25. The number of hydrogen-bond acceptors (Lipinski definition) is 6. The van der Waals surface area contributed by atoms with Gasteiger partial charge in [0.25, 0.3) is 0 Å². The first-order valence-electron chi connectivity index (χ1n) is 10.6. The summed E-state index contributed by atoms with van der Waals surface area (Å²) in [5, 5.41) is 15.4. The lowest BCUT2D eigenvalue weighted by Gasteiger charge is -2.24. The van der Waals surface area contributed by atoms with Crippen molar-refractivity contribution in [1.29, 1.82) is 0 Å². The molecular weight excluding hydrogens is 370 g/mol. The van der Waals surface area contributed by atoms with Crippen LogP contribution in [0.25, 0.3) is 0 Å². The Labute approximate surface area is 171 Å². The topological polar surface area (TPSA) is 117 Å². The highest BCUT2D eigenvalue weighted by molar-refractivity contribution is 5.97. The van der Waals surface area contributed by atoms with Crippen LogP contribution in [0.15, 0.2) is 17.4 Å². The Balaban J connectivity index is 1.31. The zero-order valence-corrected chi connectivity index (χ0v) is 17.1. The number of aryl methyl sites for hydroxylation is 1. The molecule has 29 heavy (non-hydrogen) atoms. The minimum Gasteiger partial charge on any atom is -0.481 e. The molecule has 1 aromatic rings. The molecule has 0 aromatic carbocycles. The monoisotopic (exact) mass is 401 g/mol. The number of hydrogen-bond donors (Lipinski definition) is 3. The number of guanidine groups is 1. The van der Waals surface area contributed by atoms with E-state index < -0.39 is 5.97 Å². The molecule has 1 saturated carbocycles. The van der Waals surface area contributed by atoms with Crippen LogP contribution < -0.4 is 10.6 Å². The van der Waals surface area contributed by atoms with Gasteiger partial charge in [-0.05, 0) is 50.5 Å². The molecule has 1 atom stereocenters. The minimum atomic E-state index is -0.806. The van der Waals surface area contributed by atoms with E-state index in [2.05, 4.69) is 25.6 Å². The number of amides is 1. The normalized spacial score (nSPS) is 17.9. The summed E-state index contributed by atoms with van der Waals surface area (Å²) in [5.41, 5.74) is 1.09. The minimum absolute atomic E-state index is 0.00880. The summed E-state index contributed by atoms with van der Waals surface area (Å²) < 4.78 is 0. The third kappa shape index (κ3) is 6.80. The molecule has 1 aromatic heterocycles. The molecule has 1 spiro atoms. The second-order valence-corrected chi connectivity index (χ2v) is 8.25. The van der Waals surface area contributed by atoms with Crippen molar-refractivity contribution in [1.82, 2.24) is 20.6 Å². The van der Waals surface area contributed by atoms with Crippen molar-refractivity contribution < 1.29 is 14.7 Å². The van der Waals surface area contributed by atoms with Gasteiger partial charge in [-0.25, -0.2) is 9.97 Å². The predicted octanol–water partition coefficient (Wildman–Crippen LogP) is 2.68. The first-order valence-corrected chi connectivity index (χ1v) is 10.6. The third-order valence-corrected chi connectivity index (χ3v) is 5.75. The van der Waals surface area contributed by atoms with Gasteiger partial charge in [0.15, 0.2) is 5.96 Å². The fourth-order valence-corrected chi connectivity index (χ4v) is 3.77. The maximum Gasteiger partial charge on any atom is 0.303 e. The van der Waals surface area contributed by atoms with Gasteiger partial charge in [0.2, 0.25) is 5.91 Å². The molecule has 8 nitrogen and oxygen atoms in total. The third-order valence-electron chi connectivity index (χ3n) is 5.75. The predicted molar refractivity (Wildman–Crippen MR) is 110 cm³/mol. The first kappa shape index (κ1) is 21.2. The number of aromatic nitrogens is 2. The summed E-state index contributed by atoms with van der Waals surface area (Å²) in [4.78, 5) is 36.0. The van der Waals surface area contributed by atoms with Crippen molar-refractivity contribution in [2.24, 2.45) is 4.99 Å². The molecule has 0 radical (unpaired) electrons. The van der Waals surface area contributed by atoms with E-state index in [9.17, 15) is 14.7 Å². The van der Waals surface area contributed by atoms with E-state index in [0.717, 1.165) is 50.6 Å². The van der Waals surface area contributed by atoms with Crippen molar-refractivity contribution in [3.05, 3.63) is 23.8 Å². The zero-order chi connectivity index (χ0) is 20.7. The van der Waals surface area contributed by atoms with Crippen LogP contribution in [0.4, 0.5) is 0 Å². The summed E-state index contributed by atoms with van der Waals surface area (Å²) in [5.74, 6) is 0.453. The van der Waals surface area contributed by atoms with E-state index in [1.54, 1.807) is 12.4 Å². The SMILES string of the molecule is Cc1ncc([C@@H](CCCCCCC(=O)NC2=NCCC3(CC3)N2)CC(=O)O)cn1. The van der Waals surface area contributed by atoms with Crippen molar-refractivity contribution in [2.45, 2.75) is 82.6 Å². The first-order chi connectivity index (χ1) is 14.0. The molecule has 2 aliphatic rings. The number of carboxylic acids is 1. The van der Waals surface area contributed by atoms with Gasteiger partial charge in [-0.3, -0.25) is 19.9 Å². The average Bonchev–Trinajstić information content (AvgIpc) is 3.42. The number of carbonyl (C=O) groups is 2. The standard InChI is InChI=1S/C21H31N5O3/c1-15-23-13-17(14-24-15)16(12-19(28)29)6-4-2-3-5-7-18(27)25-20-22-11-10-21(26-20)8-9-21/h13-14,16H,2-12H2,1H3,(H,28,29)(H2,22,25,26,27)/t16-/m0/s1. The molecule has 2 heterocycles. The van der Waals surface area contributed by atoms with Crippen LogP contribution >= 0.6 is 0 Å². The number of nitrogens with zero attached hydrogens (tertiary/aromatic N) is 3. The van der Waals surface area contributed by atoms with Gasteiger partial charge in [-0.15, -0.1) is 0 Å². The Bertz CT molecular complexity index is 743. The van der Waals surface area contributed by atoms with Gasteiger partial charge >= 0.3 is 5.97 Å². The highest BCUT2D eigenvalue weighted by Gasteiger charge is 2.44. The van der Waals surface area contributed by atoms with E-state index in [-0.39, 0.29) is 23.8 Å². The number of carbonyl (C=O) groups excluding carboxylic acids is 1. The van der Waals surface area contributed by atoms with Gasteiger partial charge in [-0.1, -0.05) is 19.3 Å². The van der Waals surface area contributed by atoms with Crippen LogP contribution in [0.1, 0.15) is 81.5 Å². The summed E-state index contributed by atoms with van der Waals surface area (Å²) in [6, 6.07) is 0. The molecular formula is C21H31N5O3. The quantitative estimate of drug-likeness (QED) is 0.519. The largest absolute Gasteiger partial charge is 0.481 e. The molecule has 1 aliphatic carbocycles. The van der Waals surface area contributed by atoms with Crippen LogP contribution in [0.2, 0.25) is 0 Å². The van der Waals surface area contributed by atoms with Crippen LogP contribution in [-0.4, -0.2) is 45.0 Å². The van der Waals surface area contributed by atoms with Crippen molar-refractivity contribution in [2.75, 3.05) is 6.54 Å². The maximum atomic E-state index is 12.1. The van der Waals surface area contributed by atoms with E-state index in [1.807, 2.05) is 6.92 Å². The van der Waals surface area contributed by atoms with Crippen LogP contribution in [0, 0.1) is 6.92 Å². The Morgan fingerprint density at radius 2 is 1.90 bits per heavy atom. The summed E-state index contributed by atoms with van der Waals surface area (Å²) in [7, 11) is 0.